The summed E-state index contributed by atoms with van der Waals surface area (Å²) in [5, 5.41) is 10.8. The SMILES string of the molecule is CN(Cc1ccc(C(F)(F)F)cc1)c1ncnc2c1c(F)cn2CC1CCN(CC(N)=O)CC1O. The average Bonchev–Trinajstić information content (AvgIpc) is 3.10. The monoisotopic (exact) mass is 494 g/mol. The van der Waals surface area contributed by atoms with Gasteiger partial charge in [-0.15, -0.1) is 0 Å². The Hall–Kier alpha value is -3.25. The number of aliphatic hydroxyl groups excluding tert-OH is 1. The van der Waals surface area contributed by atoms with Crippen LogP contribution in [0.25, 0.3) is 11.0 Å². The van der Waals surface area contributed by atoms with E-state index in [1.807, 2.05) is 0 Å². The van der Waals surface area contributed by atoms with Gasteiger partial charge in [0.25, 0.3) is 0 Å². The number of aliphatic hydroxyl groups is 1. The number of halogens is 4. The van der Waals surface area contributed by atoms with Crippen molar-refractivity contribution in [2.45, 2.75) is 31.8 Å². The first-order valence-electron chi connectivity index (χ1n) is 11.1. The number of β-amino-alcohol motifs (C(OH)–C–C–N with tert-alkyl or cyclic N) is 1. The highest BCUT2D eigenvalue weighted by molar-refractivity contribution is 5.88. The number of rotatable bonds is 7. The molecule has 2 atom stereocenters. The Bertz CT molecular complexity index is 1200. The largest absolute Gasteiger partial charge is 0.416 e. The lowest BCUT2D eigenvalue weighted by Crippen LogP contribution is -2.47. The molecule has 2 unspecified atom stereocenters. The van der Waals surface area contributed by atoms with Crippen molar-refractivity contribution in [3.63, 3.8) is 0 Å². The van der Waals surface area contributed by atoms with Gasteiger partial charge in [0.2, 0.25) is 5.91 Å². The number of amides is 1. The van der Waals surface area contributed by atoms with E-state index >= 15 is 4.39 Å². The van der Waals surface area contributed by atoms with Gasteiger partial charge in [-0.1, -0.05) is 12.1 Å². The molecule has 3 heterocycles. The molecule has 1 amide bonds. The number of aromatic nitrogens is 3. The molecular formula is C23H26F4N6O2. The van der Waals surface area contributed by atoms with E-state index in [1.54, 1.807) is 21.4 Å². The van der Waals surface area contributed by atoms with E-state index in [4.69, 9.17) is 5.73 Å². The van der Waals surface area contributed by atoms with Gasteiger partial charge in [0.15, 0.2) is 5.82 Å². The van der Waals surface area contributed by atoms with Crippen molar-refractivity contribution in [1.82, 2.24) is 19.4 Å². The third-order valence-electron chi connectivity index (χ3n) is 6.27. The fraction of sp³-hybridized carbons (Fsp3) is 0.435. The summed E-state index contributed by atoms with van der Waals surface area (Å²) in [6.07, 6.45) is -1.91. The molecule has 1 aliphatic heterocycles. The Morgan fingerprint density at radius 3 is 2.60 bits per heavy atom. The van der Waals surface area contributed by atoms with Crippen LogP contribution in [0.5, 0.6) is 0 Å². The summed E-state index contributed by atoms with van der Waals surface area (Å²) in [7, 11) is 1.68. The van der Waals surface area contributed by atoms with Crippen LogP contribution < -0.4 is 10.6 Å². The minimum atomic E-state index is -4.42. The highest BCUT2D eigenvalue weighted by Gasteiger charge is 2.31. The molecule has 35 heavy (non-hydrogen) atoms. The van der Waals surface area contributed by atoms with Crippen molar-refractivity contribution in [2.24, 2.45) is 11.7 Å². The van der Waals surface area contributed by atoms with Crippen LogP contribution in [0.1, 0.15) is 17.5 Å². The number of anilines is 1. The van der Waals surface area contributed by atoms with Crippen LogP contribution in [-0.4, -0.2) is 63.2 Å². The molecule has 0 aliphatic carbocycles. The Labute approximate surface area is 199 Å². The number of fused-ring (bicyclic) bond motifs is 1. The predicted molar refractivity (Wildman–Crippen MR) is 121 cm³/mol. The third-order valence-corrected chi connectivity index (χ3v) is 6.27. The molecule has 188 valence electrons. The van der Waals surface area contributed by atoms with Crippen LogP contribution in [0, 0.1) is 11.7 Å². The zero-order valence-electron chi connectivity index (χ0n) is 19.0. The fourth-order valence-corrected chi connectivity index (χ4v) is 4.51. The zero-order chi connectivity index (χ0) is 25.3. The van der Waals surface area contributed by atoms with E-state index in [2.05, 4.69) is 9.97 Å². The summed E-state index contributed by atoms with van der Waals surface area (Å²) < 4.78 is 55.1. The Morgan fingerprint density at radius 1 is 1.26 bits per heavy atom. The van der Waals surface area contributed by atoms with E-state index < -0.39 is 29.6 Å². The minimum Gasteiger partial charge on any atom is -0.391 e. The fourth-order valence-electron chi connectivity index (χ4n) is 4.51. The van der Waals surface area contributed by atoms with Crippen LogP contribution in [0.4, 0.5) is 23.4 Å². The number of likely N-dealkylation sites (tertiary alicyclic amines) is 1. The lowest BCUT2D eigenvalue weighted by Gasteiger charge is -2.35. The van der Waals surface area contributed by atoms with Gasteiger partial charge in [0, 0.05) is 38.8 Å². The number of nitrogens with zero attached hydrogens (tertiary/aromatic N) is 5. The molecule has 12 heteroatoms. The summed E-state index contributed by atoms with van der Waals surface area (Å²) in [6, 6.07) is 4.78. The molecule has 8 nitrogen and oxygen atoms in total. The molecule has 1 fully saturated rings. The zero-order valence-corrected chi connectivity index (χ0v) is 19.0. The Kier molecular flexibility index (Phi) is 6.95. The average molecular weight is 494 g/mol. The van der Waals surface area contributed by atoms with Gasteiger partial charge in [-0.05, 0) is 30.7 Å². The minimum absolute atomic E-state index is 0.0761. The Morgan fingerprint density at radius 2 is 1.97 bits per heavy atom. The van der Waals surface area contributed by atoms with Crippen LogP contribution in [0.2, 0.25) is 0 Å². The highest BCUT2D eigenvalue weighted by atomic mass is 19.4. The molecule has 0 bridgehead atoms. The van der Waals surface area contributed by atoms with Gasteiger partial charge in [-0.3, -0.25) is 9.69 Å². The Balaban J connectivity index is 1.52. The van der Waals surface area contributed by atoms with E-state index in [-0.39, 0.29) is 24.4 Å². The standard InChI is InChI=1S/C23H26F4N6O2/c1-31(8-14-2-4-16(5-3-14)23(25,26)27)21-20-17(24)10-33(22(20)30-13-29-21)9-15-6-7-32(11-18(15)34)12-19(28)35/h2-5,10,13,15,18,34H,6-9,11-12H2,1H3,(H2,28,35). The summed E-state index contributed by atoms with van der Waals surface area (Å²) in [5.74, 6) is -0.852. The molecule has 3 N–H and O–H groups in total. The molecule has 1 aliphatic rings. The van der Waals surface area contributed by atoms with E-state index in [1.165, 1.54) is 24.7 Å². The number of primary amides is 1. The maximum Gasteiger partial charge on any atom is 0.416 e. The smallest absolute Gasteiger partial charge is 0.391 e. The molecule has 1 aromatic carbocycles. The van der Waals surface area contributed by atoms with E-state index in [0.717, 1.165) is 12.1 Å². The lowest BCUT2D eigenvalue weighted by atomic mass is 9.93. The van der Waals surface area contributed by atoms with Crippen molar-refractivity contribution >= 4 is 22.8 Å². The molecule has 0 radical (unpaired) electrons. The number of carbonyl (C=O) groups is 1. The first-order chi connectivity index (χ1) is 16.5. The number of alkyl halides is 3. The summed E-state index contributed by atoms with van der Waals surface area (Å²) in [5.41, 5.74) is 5.46. The van der Waals surface area contributed by atoms with Crippen LogP contribution in [-0.2, 0) is 24.1 Å². The maximum absolute atomic E-state index is 15.0. The number of hydrogen-bond acceptors (Lipinski definition) is 6. The van der Waals surface area contributed by atoms with Gasteiger partial charge >= 0.3 is 6.18 Å². The lowest BCUT2D eigenvalue weighted by molar-refractivity contribution is -0.137. The van der Waals surface area contributed by atoms with Crippen molar-refractivity contribution in [3.05, 3.63) is 53.7 Å². The molecule has 0 saturated carbocycles. The van der Waals surface area contributed by atoms with Crippen molar-refractivity contribution in [2.75, 3.05) is 31.6 Å². The number of hydrogen-bond donors (Lipinski definition) is 2. The summed E-state index contributed by atoms with van der Waals surface area (Å²) in [6.45, 7) is 1.50. The van der Waals surface area contributed by atoms with Crippen LogP contribution in [0.15, 0.2) is 36.8 Å². The van der Waals surface area contributed by atoms with Crippen molar-refractivity contribution < 1.29 is 27.5 Å². The molecular weight excluding hydrogens is 468 g/mol. The molecule has 4 rings (SSSR count). The summed E-state index contributed by atoms with van der Waals surface area (Å²) >= 11 is 0. The second-order valence-corrected chi connectivity index (χ2v) is 8.89. The number of carbonyl (C=O) groups excluding carboxylic acids is 1. The van der Waals surface area contributed by atoms with Crippen molar-refractivity contribution in [3.8, 4) is 0 Å². The van der Waals surface area contributed by atoms with Crippen molar-refractivity contribution in [1.29, 1.82) is 0 Å². The van der Waals surface area contributed by atoms with Crippen LogP contribution >= 0.6 is 0 Å². The highest BCUT2D eigenvalue weighted by Crippen LogP contribution is 2.31. The topological polar surface area (TPSA) is 101 Å². The molecule has 3 aromatic rings. The predicted octanol–water partition coefficient (Wildman–Crippen LogP) is 2.39. The second kappa shape index (κ2) is 9.78. The first-order valence-corrected chi connectivity index (χ1v) is 11.1. The van der Waals surface area contributed by atoms with E-state index in [9.17, 15) is 23.1 Å². The second-order valence-electron chi connectivity index (χ2n) is 8.89. The van der Waals surface area contributed by atoms with Gasteiger partial charge in [0.1, 0.15) is 17.8 Å². The maximum atomic E-state index is 15.0. The molecule has 0 spiro atoms. The molecule has 1 saturated heterocycles. The van der Waals surface area contributed by atoms with Gasteiger partial charge in [-0.25, -0.2) is 14.4 Å². The van der Waals surface area contributed by atoms with E-state index in [0.29, 0.717) is 43.1 Å². The number of nitrogens with two attached hydrogens (primary N) is 1. The third kappa shape index (κ3) is 5.54. The number of benzene rings is 1. The van der Waals surface area contributed by atoms with Gasteiger partial charge in [-0.2, -0.15) is 13.2 Å². The quantitative estimate of drug-likeness (QED) is 0.490. The normalized spacial score (nSPS) is 19.3. The van der Waals surface area contributed by atoms with Gasteiger partial charge < -0.3 is 20.3 Å². The van der Waals surface area contributed by atoms with Gasteiger partial charge in [0.05, 0.1) is 23.6 Å². The molecule has 2 aromatic heterocycles. The first kappa shape index (κ1) is 24.9. The van der Waals surface area contributed by atoms with Crippen LogP contribution in [0.3, 0.4) is 0 Å². The summed E-state index contributed by atoms with van der Waals surface area (Å²) in [4.78, 5) is 23.0. The number of piperidine rings is 1.